The van der Waals surface area contributed by atoms with E-state index in [1.54, 1.807) is 49.4 Å². The Balaban J connectivity index is 2.03. The third kappa shape index (κ3) is 6.99. The molecule has 0 aromatic heterocycles. The van der Waals surface area contributed by atoms with Crippen molar-refractivity contribution in [1.82, 2.24) is 0 Å². The number of anilines is 2. The Morgan fingerprint density at radius 3 is 2.52 bits per heavy atom. The molecule has 0 aliphatic rings. The van der Waals surface area contributed by atoms with Crippen LogP contribution in [0, 0.1) is 6.92 Å². The molecule has 2 aromatic rings. The summed E-state index contributed by atoms with van der Waals surface area (Å²) in [6.07, 6.45) is 1.54. The Hall–Kier alpha value is -3.07. The van der Waals surface area contributed by atoms with Gasteiger partial charge in [-0.2, -0.15) is 0 Å². The van der Waals surface area contributed by atoms with E-state index in [0.717, 1.165) is 11.8 Å². The molecule has 0 aliphatic heterocycles. The van der Waals surface area contributed by atoms with Crippen molar-refractivity contribution in [1.29, 1.82) is 0 Å². The number of esters is 1. The minimum Gasteiger partial charge on any atom is -0.497 e. The number of nitrogens with one attached hydrogen (secondary N) is 1. The minimum atomic E-state index is -3.53. The Morgan fingerprint density at radius 2 is 1.87 bits per heavy atom. The molecule has 0 heterocycles. The normalized spacial score (nSPS) is 11.0. The van der Waals surface area contributed by atoms with Crippen LogP contribution >= 0.6 is 0 Å². The van der Waals surface area contributed by atoms with E-state index in [4.69, 9.17) is 9.47 Å². The van der Waals surface area contributed by atoms with Gasteiger partial charge in [0, 0.05) is 24.7 Å². The van der Waals surface area contributed by atoms with Gasteiger partial charge in [-0.05, 0) is 50.1 Å². The molecule has 0 bridgehead atoms. The number of hydrogen-bond donors (Lipinski definition) is 1. The van der Waals surface area contributed by atoms with Crippen LogP contribution in [0.25, 0.3) is 0 Å². The fourth-order valence-electron chi connectivity index (χ4n) is 2.95. The second-order valence-corrected chi connectivity index (χ2v) is 8.85. The van der Waals surface area contributed by atoms with Gasteiger partial charge in [-0.25, -0.2) is 13.2 Å². The smallest absolute Gasteiger partial charge is 0.338 e. The number of benzene rings is 2. The van der Waals surface area contributed by atoms with Gasteiger partial charge in [-0.3, -0.25) is 9.10 Å². The molecule has 9 heteroatoms. The lowest BCUT2D eigenvalue weighted by atomic mass is 10.1. The number of amides is 1. The van der Waals surface area contributed by atoms with Crippen LogP contribution in [0.1, 0.15) is 35.7 Å². The highest BCUT2D eigenvalue weighted by molar-refractivity contribution is 7.92. The quantitative estimate of drug-likeness (QED) is 0.559. The van der Waals surface area contributed by atoms with Crippen LogP contribution in [0.5, 0.6) is 5.75 Å². The molecule has 1 amide bonds. The van der Waals surface area contributed by atoms with Crippen LogP contribution in [0.15, 0.2) is 42.5 Å². The number of carbonyl (C=O) groups is 2. The average molecular weight is 449 g/mol. The molecule has 31 heavy (non-hydrogen) atoms. The molecule has 0 saturated carbocycles. The summed E-state index contributed by atoms with van der Waals surface area (Å²) in [7, 11) is -2.03. The Labute approximate surface area is 183 Å². The molecule has 1 N–H and O–H groups in total. The van der Waals surface area contributed by atoms with Gasteiger partial charge < -0.3 is 14.8 Å². The zero-order chi connectivity index (χ0) is 23.0. The predicted molar refractivity (Wildman–Crippen MR) is 120 cm³/mol. The van der Waals surface area contributed by atoms with Gasteiger partial charge in [0.25, 0.3) is 0 Å². The van der Waals surface area contributed by atoms with E-state index in [0.29, 0.717) is 29.1 Å². The average Bonchev–Trinajstić information content (AvgIpc) is 2.72. The molecule has 2 rings (SSSR count). The summed E-state index contributed by atoms with van der Waals surface area (Å²) in [6.45, 7) is 3.94. The highest BCUT2D eigenvalue weighted by Crippen LogP contribution is 2.24. The Morgan fingerprint density at radius 1 is 1.13 bits per heavy atom. The first-order chi connectivity index (χ1) is 14.7. The number of carbonyl (C=O) groups excluding carboxylic acids is 2. The largest absolute Gasteiger partial charge is 0.497 e. The zero-order valence-corrected chi connectivity index (χ0v) is 19.0. The van der Waals surface area contributed by atoms with Crippen molar-refractivity contribution in [3.8, 4) is 5.75 Å². The van der Waals surface area contributed by atoms with Gasteiger partial charge in [-0.1, -0.05) is 12.1 Å². The monoisotopic (exact) mass is 448 g/mol. The fraction of sp³-hybridized carbons (Fsp3) is 0.364. The van der Waals surface area contributed by atoms with Gasteiger partial charge in [-0.15, -0.1) is 0 Å². The summed E-state index contributed by atoms with van der Waals surface area (Å²) in [5, 5.41) is 2.78. The van der Waals surface area contributed by atoms with Crippen LogP contribution in [0.4, 0.5) is 11.4 Å². The molecule has 168 valence electrons. The van der Waals surface area contributed by atoms with E-state index in [1.807, 2.05) is 6.92 Å². The van der Waals surface area contributed by atoms with Crippen molar-refractivity contribution in [3.63, 3.8) is 0 Å². The maximum Gasteiger partial charge on any atom is 0.338 e. The molecule has 0 fully saturated rings. The lowest BCUT2D eigenvalue weighted by Gasteiger charge is -2.22. The number of rotatable bonds is 10. The molecule has 0 unspecified atom stereocenters. The van der Waals surface area contributed by atoms with Crippen LogP contribution < -0.4 is 14.4 Å². The summed E-state index contributed by atoms with van der Waals surface area (Å²) in [5.41, 5.74) is 2.14. The Kier molecular flexibility index (Phi) is 8.44. The lowest BCUT2D eigenvalue weighted by molar-refractivity contribution is -0.116. The number of ether oxygens (including phenoxy) is 2. The number of sulfonamides is 1. The molecule has 0 saturated heterocycles. The third-order valence-electron chi connectivity index (χ3n) is 4.53. The van der Waals surface area contributed by atoms with Gasteiger partial charge in [0.1, 0.15) is 5.75 Å². The van der Waals surface area contributed by atoms with Crippen LogP contribution in [0.2, 0.25) is 0 Å². The number of methoxy groups -OCH3 is 1. The van der Waals surface area contributed by atoms with Gasteiger partial charge >= 0.3 is 5.97 Å². The van der Waals surface area contributed by atoms with E-state index in [2.05, 4.69) is 5.32 Å². The standard InChI is InChI=1S/C22H28N2O6S/c1-5-30-22(26)17-12-11-16(2)20(14-17)23-21(25)10-7-13-24(31(4,27)28)18-8-6-9-19(15-18)29-3/h6,8-9,11-12,14-15H,5,7,10,13H2,1-4H3,(H,23,25). The summed E-state index contributed by atoms with van der Waals surface area (Å²) >= 11 is 0. The van der Waals surface area contributed by atoms with Crippen molar-refractivity contribution in [2.45, 2.75) is 26.7 Å². The molecular formula is C22H28N2O6S. The first kappa shape index (κ1) is 24.2. The summed E-state index contributed by atoms with van der Waals surface area (Å²) in [5.74, 6) is -0.191. The first-order valence-electron chi connectivity index (χ1n) is 9.85. The second kappa shape index (κ2) is 10.8. The number of hydrogen-bond acceptors (Lipinski definition) is 6. The zero-order valence-electron chi connectivity index (χ0n) is 18.2. The predicted octanol–water partition coefficient (Wildman–Crippen LogP) is 3.37. The van der Waals surface area contributed by atoms with Gasteiger partial charge in [0.15, 0.2) is 0 Å². The van der Waals surface area contributed by atoms with Crippen molar-refractivity contribution >= 4 is 33.3 Å². The second-order valence-electron chi connectivity index (χ2n) is 6.94. The van der Waals surface area contributed by atoms with E-state index < -0.39 is 16.0 Å². The molecule has 0 aliphatic carbocycles. The van der Waals surface area contributed by atoms with E-state index in [1.165, 1.54) is 11.4 Å². The van der Waals surface area contributed by atoms with Gasteiger partial charge in [0.05, 0.1) is 31.2 Å². The maximum atomic E-state index is 12.4. The van der Waals surface area contributed by atoms with Gasteiger partial charge in [0.2, 0.25) is 15.9 Å². The van der Waals surface area contributed by atoms with Crippen molar-refractivity contribution < 1.29 is 27.5 Å². The molecule has 0 spiro atoms. The third-order valence-corrected chi connectivity index (χ3v) is 5.72. The Bertz CT molecular complexity index is 1040. The number of aryl methyl sites for hydroxylation is 1. The van der Waals surface area contributed by atoms with E-state index >= 15 is 0 Å². The van der Waals surface area contributed by atoms with E-state index in [-0.39, 0.29) is 25.5 Å². The van der Waals surface area contributed by atoms with Crippen molar-refractivity contribution in [2.24, 2.45) is 0 Å². The molecule has 8 nitrogen and oxygen atoms in total. The van der Waals surface area contributed by atoms with E-state index in [9.17, 15) is 18.0 Å². The van der Waals surface area contributed by atoms with Crippen LogP contribution in [-0.4, -0.2) is 46.8 Å². The fourth-order valence-corrected chi connectivity index (χ4v) is 3.90. The molecular weight excluding hydrogens is 420 g/mol. The molecule has 0 radical (unpaired) electrons. The topological polar surface area (TPSA) is 102 Å². The van der Waals surface area contributed by atoms with Crippen molar-refractivity contribution in [2.75, 3.05) is 36.1 Å². The summed E-state index contributed by atoms with van der Waals surface area (Å²) < 4.78 is 35.9. The van der Waals surface area contributed by atoms with Crippen LogP contribution in [0.3, 0.4) is 0 Å². The molecule has 2 aromatic carbocycles. The minimum absolute atomic E-state index is 0.110. The SMILES string of the molecule is CCOC(=O)c1ccc(C)c(NC(=O)CCCN(c2cccc(OC)c2)S(C)(=O)=O)c1. The summed E-state index contributed by atoms with van der Waals surface area (Å²) in [6, 6.07) is 11.7. The molecule has 0 atom stereocenters. The number of nitrogens with zero attached hydrogens (tertiary/aromatic N) is 1. The first-order valence-corrected chi connectivity index (χ1v) is 11.7. The lowest BCUT2D eigenvalue weighted by Crippen LogP contribution is -2.31. The maximum absolute atomic E-state index is 12.4. The highest BCUT2D eigenvalue weighted by Gasteiger charge is 2.18. The van der Waals surface area contributed by atoms with Crippen molar-refractivity contribution in [3.05, 3.63) is 53.6 Å². The van der Waals surface area contributed by atoms with Crippen LogP contribution in [-0.2, 0) is 19.6 Å². The highest BCUT2D eigenvalue weighted by atomic mass is 32.2. The summed E-state index contributed by atoms with van der Waals surface area (Å²) in [4.78, 5) is 24.3.